The number of benzene rings is 3. The van der Waals surface area contributed by atoms with Crippen LogP contribution in [0.1, 0.15) is 45.7 Å². The highest BCUT2D eigenvalue weighted by Gasteiger charge is 2.19. The van der Waals surface area contributed by atoms with Crippen molar-refractivity contribution in [2.75, 3.05) is 0 Å². The maximum atomic E-state index is 4.66. The Kier molecular flexibility index (Phi) is 5.54. The molecular formula is C30H30N2S. The number of thiophene rings is 1. The topological polar surface area (TPSA) is 25.8 Å². The average molecular weight is 451 g/mol. The summed E-state index contributed by atoms with van der Waals surface area (Å²) in [4.78, 5) is 9.28. The summed E-state index contributed by atoms with van der Waals surface area (Å²) in [6.45, 7) is 11.4. The highest BCUT2D eigenvalue weighted by atomic mass is 32.1. The molecule has 0 atom stereocenters. The van der Waals surface area contributed by atoms with Gasteiger partial charge in [-0.2, -0.15) is 0 Å². The van der Waals surface area contributed by atoms with Crippen molar-refractivity contribution in [3.63, 3.8) is 0 Å². The molecule has 0 amide bonds. The first-order valence-electron chi connectivity index (χ1n) is 11.7. The van der Waals surface area contributed by atoms with E-state index in [1.165, 1.54) is 32.0 Å². The first-order chi connectivity index (χ1) is 15.8. The molecule has 0 fully saturated rings. The summed E-state index contributed by atoms with van der Waals surface area (Å²) in [6.07, 6.45) is 2.81. The van der Waals surface area contributed by atoms with Crippen LogP contribution in [0.5, 0.6) is 0 Å². The van der Waals surface area contributed by atoms with E-state index in [9.17, 15) is 0 Å². The molecule has 0 bridgehead atoms. The third-order valence-corrected chi connectivity index (χ3v) is 7.21. The van der Waals surface area contributed by atoms with Gasteiger partial charge in [-0.05, 0) is 74.7 Å². The highest BCUT2D eigenvalue weighted by molar-refractivity contribution is 7.17. The highest BCUT2D eigenvalue weighted by Crippen LogP contribution is 2.36. The van der Waals surface area contributed by atoms with Crippen molar-refractivity contribution in [1.29, 1.82) is 0 Å². The van der Waals surface area contributed by atoms with E-state index < -0.39 is 0 Å². The molecule has 5 aromatic rings. The van der Waals surface area contributed by atoms with Gasteiger partial charge in [-0.15, -0.1) is 11.3 Å². The normalized spacial score (nSPS) is 12.2. The average Bonchev–Trinajstić information content (AvgIpc) is 3.19. The van der Waals surface area contributed by atoms with E-state index >= 15 is 0 Å². The smallest absolute Gasteiger partial charge is 0.116 e. The summed E-state index contributed by atoms with van der Waals surface area (Å²) >= 11 is 1.83. The lowest BCUT2D eigenvalue weighted by Crippen LogP contribution is -2.12. The van der Waals surface area contributed by atoms with E-state index in [0.717, 1.165) is 28.9 Å². The molecular weight excluding hydrogens is 420 g/mol. The molecule has 0 aliphatic carbocycles. The Labute approximate surface area is 200 Å². The van der Waals surface area contributed by atoms with Crippen molar-refractivity contribution in [1.82, 2.24) is 9.97 Å². The SMILES string of the molecule is CC(C)Cc1csc2cc(-c3cc(-c4cc(C(C)(C)C)c5ccccc5c4)ncn3)ccc12. The number of nitrogens with zero attached hydrogens (tertiary/aromatic N) is 2. The third-order valence-electron chi connectivity index (χ3n) is 6.21. The predicted octanol–water partition coefficient (Wildman–Crippen LogP) is 8.67. The second-order valence-corrected chi connectivity index (χ2v) is 11.3. The summed E-state index contributed by atoms with van der Waals surface area (Å²) in [7, 11) is 0. The van der Waals surface area contributed by atoms with Crippen LogP contribution in [0.25, 0.3) is 43.4 Å². The molecule has 3 heteroatoms. The van der Waals surface area contributed by atoms with Crippen LogP contribution in [0.3, 0.4) is 0 Å². The minimum atomic E-state index is 0.0450. The second kappa shape index (κ2) is 8.39. The first kappa shape index (κ1) is 21.8. The molecule has 0 spiro atoms. The Hall–Kier alpha value is -3.04. The molecule has 166 valence electrons. The van der Waals surface area contributed by atoms with Crippen molar-refractivity contribution in [2.24, 2.45) is 5.92 Å². The zero-order valence-electron chi connectivity index (χ0n) is 20.0. The van der Waals surface area contributed by atoms with Gasteiger partial charge in [0.15, 0.2) is 0 Å². The lowest BCUT2D eigenvalue weighted by molar-refractivity contribution is 0.596. The van der Waals surface area contributed by atoms with E-state index in [0.29, 0.717) is 5.92 Å². The van der Waals surface area contributed by atoms with Crippen LogP contribution in [0, 0.1) is 5.92 Å². The minimum absolute atomic E-state index is 0.0450. The Balaban J connectivity index is 1.58. The molecule has 0 saturated heterocycles. The summed E-state index contributed by atoms with van der Waals surface area (Å²) in [5.74, 6) is 0.659. The molecule has 0 aliphatic heterocycles. The Morgan fingerprint density at radius 2 is 1.58 bits per heavy atom. The van der Waals surface area contributed by atoms with Crippen molar-refractivity contribution < 1.29 is 0 Å². The van der Waals surface area contributed by atoms with Crippen LogP contribution in [-0.4, -0.2) is 9.97 Å². The van der Waals surface area contributed by atoms with Crippen LogP contribution < -0.4 is 0 Å². The monoisotopic (exact) mass is 450 g/mol. The van der Waals surface area contributed by atoms with E-state index in [-0.39, 0.29) is 5.41 Å². The number of fused-ring (bicyclic) bond motifs is 2. The molecule has 2 nitrogen and oxygen atoms in total. The lowest BCUT2D eigenvalue weighted by atomic mass is 9.82. The fourth-order valence-electron chi connectivity index (χ4n) is 4.59. The molecule has 2 aromatic heterocycles. The van der Waals surface area contributed by atoms with Gasteiger partial charge in [-0.3, -0.25) is 0 Å². The molecule has 0 aliphatic rings. The molecule has 0 N–H and O–H groups in total. The number of hydrogen-bond donors (Lipinski definition) is 0. The van der Waals surface area contributed by atoms with Gasteiger partial charge in [0.25, 0.3) is 0 Å². The van der Waals surface area contributed by atoms with Crippen molar-refractivity contribution in [2.45, 2.75) is 46.5 Å². The zero-order chi connectivity index (χ0) is 23.2. The summed E-state index contributed by atoms with van der Waals surface area (Å²) < 4.78 is 1.32. The van der Waals surface area contributed by atoms with Crippen molar-refractivity contribution >= 4 is 32.2 Å². The molecule has 33 heavy (non-hydrogen) atoms. The quantitative estimate of drug-likeness (QED) is 0.274. The summed E-state index contributed by atoms with van der Waals surface area (Å²) in [5.41, 5.74) is 7.04. The standard InChI is InChI=1S/C30H30N2S/c1-19(2)12-23-17-33-29-15-21(10-11-25(23)29)27-16-28(32-18-31-27)22-13-20-8-6-7-9-24(20)26(14-22)30(3,4)5/h6-11,13-19H,12H2,1-5H3. The first-order valence-corrected chi connectivity index (χ1v) is 12.5. The molecule has 0 unspecified atom stereocenters. The van der Waals surface area contributed by atoms with Gasteiger partial charge in [-0.1, -0.05) is 71.0 Å². The number of aromatic nitrogens is 2. The van der Waals surface area contributed by atoms with Gasteiger partial charge in [-0.25, -0.2) is 9.97 Å². The molecule has 2 heterocycles. The van der Waals surface area contributed by atoms with Gasteiger partial charge in [0.2, 0.25) is 0 Å². The minimum Gasteiger partial charge on any atom is -0.236 e. The summed E-state index contributed by atoms with van der Waals surface area (Å²) in [5, 5.41) is 6.24. The second-order valence-electron chi connectivity index (χ2n) is 10.4. The van der Waals surface area contributed by atoms with Crippen LogP contribution >= 0.6 is 11.3 Å². The van der Waals surface area contributed by atoms with Crippen molar-refractivity contribution in [3.8, 4) is 22.5 Å². The van der Waals surface area contributed by atoms with Crippen LogP contribution in [0.2, 0.25) is 0 Å². The van der Waals surface area contributed by atoms with Gasteiger partial charge in [0.1, 0.15) is 6.33 Å². The maximum Gasteiger partial charge on any atom is 0.116 e. The maximum absolute atomic E-state index is 4.66. The van der Waals surface area contributed by atoms with Crippen LogP contribution in [-0.2, 0) is 11.8 Å². The van der Waals surface area contributed by atoms with Gasteiger partial charge >= 0.3 is 0 Å². The van der Waals surface area contributed by atoms with Gasteiger partial charge in [0, 0.05) is 15.8 Å². The van der Waals surface area contributed by atoms with Gasteiger partial charge < -0.3 is 0 Å². The predicted molar refractivity (Wildman–Crippen MR) is 143 cm³/mol. The van der Waals surface area contributed by atoms with E-state index in [1.54, 1.807) is 6.33 Å². The lowest BCUT2D eigenvalue weighted by Gasteiger charge is -2.22. The Morgan fingerprint density at radius 1 is 0.818 bits per heavy atom. The summed E-state index contributed by atoms with van der Waals surface area (Å²) in [6, 6.07) is 22.0. The van der Waals surface area contributed by atoms with E-state index in [1.807, 2.05) is 11.3 Å². The van der Waals surface area contributed by atoms with E-state index in [2.05, 4.69) is 111 Å². The fraction of sp³-hybridized carbons (Fsp3) is 0.267. The number of hydrogen-bond acceptors (Lipinski definition) is 3. The zero-order valence-corrected chi connectivity index (χ0v) is 20.8. The van der Waals surface area contributed by atoms with E-state index in [4.69, 9.17) is 0 Å². The number of rotatable bonds is 4. The largest absolute Gasteiger partial charge is 0.236 e. The molecule has 0 saturated carbocycles. The van der Waals surface area contributed by atoms with Crippen LogP contribution in [0.4, 0.5) is 0 Å². The molecule has 3 aromatic carbocycles. The molecule has 5 rings (SSSR count). The van der Waals surface area contributed by atoms with Gasteiger partial charge in [0.05, 0.1) is 11.4 Å². The Bertz CT molecular complexity index is 1450. The van der Waals surface area contributed by atoms with Crippen molar-refractivity contribution in [3.05, 3.63) is 83.5 Å². The van der Waals surface area contributed by atoms with Crippen LogP contribution in [0.15, 0.2) is 72.4 Å². The molecule has 0 radical (unpaired) electrons. The fourth-order valence-corrected chi connectivity index (χ4v) is 5.61. The third kappa shape index (κ3) is 4.30. The Morgan fingerprint density at radius 3 is 2.33 bits per heavy atom.